The van der Waals surface area contributed by atoms with Crippen molar-refractivity contribution in [2.75, 3.05) is 51.4 Å². The lowest BCUT2D eigenvalue weighted by Gasteiger charge is -2.37. The Kier molecular flexibility index (Phi) is 6.82. The molecule has 1 atom stereocenters. The van der Waals surface area contributed by atoms with Gasteiger partial charge in [0.25, 0.3) is 5.91 Å². The van der Waals surface area contributed by atoms with Gasteiger partial charge in [0.15, 0.2) is 21.3 Å². The maximum atomic E-state index is 12.9. The van der Waals surface area contributed by atoms with Crippen LogP contribution in [0.1, 0.15) is 36.5 Å². The third kappa shape index (κ3) is 4.97. The van der Waals surface area contributed by atoms with Crippen LogP contribution in [0.3, 0.4) is 0 Å². The Hall–Kier alpha value is -1.80. The molecule has 1 amide bonds. The molecular formula is C20H30N2O5S. The zero-order valence-electron chi connectivity index (χ0n) is 16.7. The first-order valence-corrected chi connectivity index (χ1v) is 11.8. The summed E-state index contributed by atoms with van der Waals surface area (Å²) in [7, 11) is -1.31. The van der Waals surface area contributed by atoms with Crippen molar-refractivity contribution in [2.45, 2.75) is 32.2 Å². The lowest BCUT2D eigenvalue weighted by atomic mass is 10.1. The van der Waals surface area contributed by atoms with Gasteiger partial charge in [-0.25, -0.2) is 8.42 Å². The molecule has 3 rings (SSSR count). The van der Waals surface area contributed by atoms with Crippen molar-refractivity contribution >= 4 is 15.7 Å². The Balaban J connectivity index is 1.58. The summed E-state index contributed by atoms with van der Waals surface area (Å²) in [5.74, 6) is 1.72. The van der Waals surface area contributed by atoms with Gasteiger partial charge < -0.3 is 14.4 Å². The van der Waals surface area contributed by atoms with E-state index in [0.717, 1.165) is 12.8 Å². The van der Waals surface area contributed by atoms with Crippen molar-refractivity contribution in [3.05, 3.63) is 23.8 Å². The minimum Gasteiger partial charge on any atom is -0.493 e. The molecule has 0 aliphatic carbocycles. The minimum atomic E-state index is -2.89. The highest BCUT2D eigenvalue weighted by Crippen LogP contribution is 2.29. The first-order chi connectivity index (χ1) is 13.4. The van der Waals surface area contributed by atoms with Crippen LogP contribution in [0.5, 0.6) is 11.5 Å². The van der Waals surface area contributed by atoms with Gasteiger partial charge in [-0.05, 0) is 31.0 Å². The Morgan fingerprint density at radius 1 is 1.18 bits per heavy atom. The summed E-state index contributed by atoms with van der Waals surface area (Å²) >= 11 is 0. The molecule has 156 valence electrons. The highest BCUT2D eigenvalue weighted by atomic mass is 32.2. The summed E-state index contributed by atoms with van der Waals surface area (Å²) < 4.78 is 34.5. The molecule has 0 N–H and O–H groups in total. The number of piperazine rings is 1. The van der Waals surface area contributed by atoms with Gasteiger partial charge in [-0.3, -0.25) is 9.69 Å². The van der Waals surface area contributed by atoms with E-state index in [9.17, 15) is 13.2 Å². The third-order valence-corrected chi connectivity index (χ3v) is 7.24. The number of sulfone groups is 1. The number of methoxy groups -OCH3 is 1. The topological polar surface area (TPSA) is 76.2 Å². The zero-order chi connectivity index (χ0) is 20.1. The highest BCUT2D eigenvalue weighted by Gasteiger charge is 2.34. The summed E-state index contributed by atoms with van der Waals surface area (Å²) in [5.41, 5.74) is 0.580. The molecule has 2 saturated heterocycles. The fourth-order valence-electron chi connectivity index (χ4n) is 3.78. The first kappa shape index (κ1) is 20.9. The summed E-state index contributed by atoms with van der Waals surface area (Å²) in [5, 5.41) is 0. The molecule has 1 aromatic rings. The molecule has 0 saturated carbocycles. The van der Waals surface area contributed by atoms with Gasteiger partial charge in [0.2, 0.25) is 0 Å². The standard InChI is InChI=1S/C20H30N2O5S/c1-3-4-12-27-18-6-5-16(14-19(18)26-2)20(23)22-10-8-21(9-11-22)17-7-13-28(24,25)15-17/h5-6,14,17H,3-4,7-13,15H2,1-2H3/t17-/m1/s1. The predicted molar refractivity (Wildman–Crippen MR) is 108 cm³/mol. The number of unbranched alkanes of at least 4 members (excludes halogenated alkanes) is 1. The van der Waals surface area contributed by atoms with Crippen LogP contribution < -0.4 is 9.47 Å². The molecular weight excluding hydrogens is 380 g/mol. The lowest BCUT2D eigenvalue weighted by Crippen LogP contribution is -2.52. The molecule has 0 unspecified atom stereocenters. The van der Waals surface area contributed by atoms with E-state index in [0.29, 0.717) is 56.3 Å². The van der Waals surface area contributed by atoms with Crippen LogP contribution in [0.25, 0.3) is 0 Å². The molecule has 0 bridgehead atoms. The first-order valence-electron chi connectivity index (χ1n) is 9.98. The summed E-state index contributed by atoms with van der Waals surface area (Å²) in [6, 6.07) is 5.41. The molecule has 28 heavy (non-hydrogen) atoms. The second-order valence-electron chi connectivity index (χ2n) is 7.45. The van der Waals surface area contributed by atoms with Gasteiger partial charge in [0.05, 0.1) is 25.2 Å². The van der Waals surface area contributed by atoms with Crippen LogP contribution in [0.2, 0.25) is 0 Å². The summed E-state index contributed by atoms with van der Waals surface area (Å²) in [6.07, 6.45) is 2.72. The van der Waals surface area contributed by atoms with Gasteiger partial charge in [-0.15, -0.1) is 0 Å². The molecule has 2 fully saturated rings. The van der Waals surface area contributed by atoms with E-state index in [4.69, 9.17) is 9.47 Å². The number of hydrogen-bond acceptors (Lipinski definition) is 6. The van der Waals surface area contributed by atoms with Crippen LogP contribution in [-0.4, -0.2) is 81.6 Å². The van der Waals surface area contributed by atoms with E-state index in [-0.39, 0.29) is 23.5 Å². The van der Waals surface area contributed by atoms with Crippen molar-refractivity contribution in [1.82, 2.24) is 9.80 Å². The third-order valence-electron chi connectivity index (χ3n) is 5.49. The minimum absolute atomic E-state index is 0.0305. The molecule has 0 aromatic heterocycles. The van der Waals surface area contributed by atoms with E-state index >= 15 is 0 Å². The second kappa shape index (κ2) is 9.13. The number of carbonyl (C=O) groups excluding carboxylic acids is 1. The number of nitrogens with zero attached hydrogens (tertiary/aromatic N) is 2. The number of hydrogen-bond donors (Lipinski definition) is 0. The van der Waals surface area contributed by atoms with E-state index in [1.807, 2.05) is 4.90 Å². The summed E-state index contributed by atoms with van der Waals surface area (Å²) in [6.45, 7) is 5.36. The van der Waals surface area contributed by atoms with E-state index in [2.05, 4.69) is 11.8 Å². The Bertz CT molecular complexity index is 788. The van der Waals surface area contributed by atoms with Crippen molar-refractivity contribution in [1.29, 1.82) is 0 Å². The lowest BCUT2D eigenvalue weighted by molar-refractivity contribution is 0.0587. The number of benzene rings is 1. The van der Waals surface area contributed by atoms with E-state index in [1.165, 1.54) is 0 Å². The van der Waals surface area contributed by atoms with Gasteiger partial charge >= 0.3 is 0 Å². The van der Waals surface area contributed by atoms with E-state index in [1.54, 1.807) is 25.3 Å². The van der Waals surface area contributed by atoms with E-state index < -0.39 is 9.84 Å². The molecule has 2 aliphatic rings. The SMILES string of the molecule is CCCCOc1ccc(C(=O)N2CCN([C@@H]3CCS(=O)(=O)C3)CC2)cc1OC. The van der Waals surface area contributed by atoms with Gasteiger partial charge in [-0.2, -0.15) is 0 Å². The predicted octanol–water partition coefficient (Wildman–Crippen LogP) is 1.82. The zero-order valence-corrected chi connectivity index (χ0v) is 17.5. The number of rotatable bonds is 7. The number of carbonyl (C=O) groups is 1. The Labute approximate surface area is 167 Å². The molecule has 2 heterocycles. The molecule has 7 nitrogen and oxygen atoms in total. The Morgan fingerprint density at radius 3 is 2.54 bits per heavy atom. The quantitative estimate of drug-likeness (QED) is 0.638. The van der Waals surface area contributed by atoms with Crippen LogP contribution in [0.15, 0.2) is 18.2 Å². The fraction of sp³-hybridized carbons (Fsp3) is 0.650. The Morgan fingerprint density at radius 2 is 1.93 bits per heavy atom. The molecule has 8 heteroatoms. The maximum absolute atomic E-state index is 12.9. The molecule has 0 spiro atoms. The average Bonchev–Trinajstić information content (AvgIpc) is 3.07. The number of amides is 1. The van der Waals surface area contributed by atoms with Crippen molar-refractivity contribution in [2.24, 2.45) is 0 Å². The maximum Gasteiger partial charge on any atom is 0.254 e. The normalized spacial score (nSPS) is 22.2. The average molecular weight is 411 g/mol. The van der Waals surface area contributed by atoms with Crippen LogP contribution >= 0.6 is 0 Å². The van der Waals surface area contributed by atoms with Crippen LogP contribution in [0.4, 0.5) is 0 Å². The molecule has 2 aliphatic heterocycles. The van der Waals surface area contributed by atoms with Crippen molar-refractivity contribution < 1.29 is 22.7 Å². The monoisotopic (exact) mass is 410 g/mol. The van der Waals surface area contributed by atoms with Crippen LogP contribution in [-0.2, 0) is 9.84 Å². The van der Waals surface area contributed by atoms with Gasteiger partial charge in [0.1, 0.15) is 0 Å². The van der Waals surface area contributed by atoms with Gasteiger partial charge in [0, 0.05) is 37.8 Å². The molecule has 1 aromatic carbocycles. The second-order valence-corrected chi connectivity index (χ2v) is 9.68. The van der Waals surface area contributed by atoms with Crippen molar-refractivity contribution in [3.8, 4) is 11.5 Å². The number of ether oxygens (including phenoxy) is 2. The van der Waals surface area contributed by atoms with Crippen molar-refractivity contribution in [3.63, 3.8) is 0 Å². The molecule has 0 radical (unpaired) electrons. The van der Waals surface area contributed by atoms with Gasteiger partial charge in [-0.1, -0.05) is 13.3 Å². The smallest absolute Gasteiger partial charge is 0.254 e. The summed E-state index contributed by atoms with van der Waals surface area (Å²) in [4.78, 5) is 16.9. The highest BCUT2D eigenvalue weighted by molar-refractivity contribution is 7.91. The largest absolute Gasteiger partial charge is 0.493 e. The van der Waals surface area contributed by atoms with Crippen LogP contribution in [0, 0.1) is 0 Å². The fourth-order valence-corrected chi connectivity index (χ4v) is 5.54.